The van der Waals surface area contributed by atoms with E-state index in [0.717, 1.165) is 0 Å². The number of pyridine rings is 1. The maximum Gasteiger partial charge on any atom is 0.329 e. The number of hydrogen-bond donors (Lipinski definition) is 1. The highest BCUT2D eigenvalue weighted by atomic mass is 19.3. The Hall–Kier alpha value is -4.30. The maximum atomic E-state index is 15.3. The molecule has 1 N–H and O–H groups in total. The lowest BCUT2D eigenvalue weighted by atomic mass is 10.0. The lowest BCUT2D eigenvalue weighted by Gasteiger charge is -2.47. The summed E-state index contributed by atoms with van der Waals surface area (Å²) in [7, 11) is 0. The second kappa shape index (κ2) is 10.7. The highest BCUT2D eigenvalue weighted by molar-refractivity contribution is 5.93. The van der Waals surface area contributed by atoms with Crippen molar-refractivity contribution in [2.45, 2.75) is 25.1 Å². The van der Waals surface area contributed by atoms with E-state index in [2.05, 4.69) is 37.0 Å². The average molecular weight is 555 g/mol. The number of benzene rings is 1. The summed E-state index contributed by atoms with van der Waals surface area (Å²) in [5, 5.41) is 13.6. The minimum atomic E-state index is -2.69. The summed E-state index contributed by atoms with van der Waals surface area (Å²) in [5.41, 5.74) is 2.49. The van der Waals surface area contributed by atoms with Gasteiger partial charge in [0.15, 0.2) is 6.61 Å². The summed E-state index contributed by atoms with van der Waals surface area (Å²) in [6, 6.07) is 6.52. The molecule has 5 heterocycles. The van der Waals surface area contributed by atoms with Crippen molar-refractivity contribution in [3.63, 3.8) is 0 Å². The van der Waals surface area contributed by atoms with Gasteiger partial charge in [-0.15, -0.1) is 5.10 Å². The summed E-state index contributed by atoms with van der Waals surface area (Å²) in [5.74, 6) is -0.637. The monoisotopic (exact) mass is 554 g/mol. The molecule has 2 saturated heterocycles. The first-order valence-electron chi connectivity index (χ1n) is 12.6. The van der Waals surface area contributed by atoms with E-state index in [9.17, 15) is 13.6 Å². The molecule has 0 atom stereocenters. The van der Waals surface area contributed by atoms with Crippen LogP contribution in [0.5, 0.6) is 0 Å². The van der Waals surface area contributed by atoms with Gasteiger partial charge in [-0.1, -0.05) is 0 Å². The fourth-order valence-corrected chi connectivity index (χ4v) is 4.99. The lowest BCUT2D eigenvalue weighted by molar-refractivity contribution is -0.0983. The molecule has 6 rings (SSSR count). The molecular formula is C26H25F3N8O3. The molecule has 4 aromatic rings. The first kappa shape index (κ1) is 26.0. The average Bonchev–Trinajstić information content (AvgIpc) is 3.50. The van der Waals surface area contributed by atoms with Crippen molar-refractivity contribution in [3.8, 4) is 11.1 Å². The second-order valence-corrected chi connectivity index (χ2v) is 9.63. The standard InChI is InChI=1S/C26H25F3N8O3/c1-30-34-25(40-14-24(28)29)15-2-3-17(31-6-15)9-36-22-5-21(27)20(16-7-32-33-8-16)4-23(22)37(26(36)38)18-10-35(11-18)19-12-39-13-19/h2-8,18-19,24H,1,9-14H2,(H,32,33)/b34-25-. The molecular weight excluding hydrogens is 529 g/mol. The van der Waals surface area contributed by atoms with Gasteiger partial charge in [0.25, 0.3) is 6.43 Å². The molecule has 2 aliphatic heterocycles. The summed E-state index contributed by atoms with van der Waals surface area (Å²) in [4.78, 5) is 20.4. The third-order valence-corrected chi connectivity index (χ3v) is 7.15. The zero-order chi connectivity index (χ0) is 27.8. The van der Waals surface area contributed by atoms with Crippen LogP contribution in [0.25, 0.3) is 22.2 Å². The molecule has 2 aliphatic rings. The summed E-state index contributed by atoms with van der Waals surface area (Å²) < 4.78 is 54.1. The minimum Gasteiger partial charge on any atom is -0.470 e. The normalized spacial score (nSPS) is 16.9. The minimum absolute atomic E-state index is 0.0596. The van der Waals surface area contributed by atoms with Crippen LogP contribution in [0, 0.1) is 5.82 Å². The Morgan fingerprint density at radius 2 is 2.02 bits per heavy atom. The van der Waals surface area contributed by atoms with Crippen LogP contribution in [0.3, 0.4) is 0 Å². The van der Waals surface area contributed by atoms with E-state index in [1.165, 1.54) is 23.0 Å². The molecule has 0 spiro atoms. The van der Waals surface area contributed by atoms with Crippen LogP contribution in [0.2, 0.25) is 0 Å². The third-order valence-electron chi connectivity index (χ3n) is 7.15. The molecule has 0 aliphatic carbocycles. The Morgan fingerprint density at radius 3 is 2.65 bits per heavy atom. The van der Waals surface area contributed by atoms with E-state index < -0.39 is 18.8 Å². The predicted octanol–water partition coefficient (Wildman–Crippen LogP) is 2.67. The molecule has 40 heavy (non-hydrogen) atoms. The number of aromatic amines is 1. The number of rotatable bonds is 9. The third kappa shape index (κ3) is 4.79. The molecule has 3 aromatic heterocycles. The zero-order valence-electron chi connectivity index (χ0n) is 21.2. The fourth-order valence-electron chi connectivity index (χ4n) is 4.99. The van der Waals surface area contributed by atoms with Crippen molar-refractivity contribution in [3.05, 3.63) is 70.4 Å². The Labute approximate surface area is 225 Å². The van der Waals surface area contributed by atoms with Crippen LogP contribution < -0.4 is 5.69 Å². The van der Waals surface area contributed by atoms with Crippen LogP contribution >= 0.6 is 0 Å². The number of aromatic nitrogens is 5. The van der Waals surface area contributed by atoms with Gasteiger partial charge in [0, 0.05) is 49.4 Å². The van der Waals surface area contributed by atoms with Gasteiger partial charge in [0.05, 0.1) is 60.3 Å². The number of imidazole rings is 1. The van der Waals surface area contributed by atoms with Gasteiger partial charge in [0.2, 0.25) is 5.90 Å². The number of H-pyrrole nitrogens is 1. The Bertz CT molecular complexity index is 1600. The molecule has 0 unspecified atom stereocenters. The molecule has 208 valence electrons. The number of alkyl halides is 2. The first-order chi connectivity index (χ1) is 19.4. The number of ether oxygens (including phenoxy) is 2. The van der Waals surface area contributed by atoms with Crippen molar-refractivity contribution in [1.29, 1.82) is 0 Å². The van der Waals surface area contributed by atoms with E-state index in [-0.39, 0.29) is 24.2 Å². The largest absolute Gasteiger partial charge is 0.470 e. The van der Waals surface area contributed by atoms with E-state index in [1.54, 1.807) is 29.0 Å². The first-order valence-corrected chi connectivity index (χ1v) is 12.6. The zero-order valence-corrected chi connectivity index (χ0v) is 21.2. The molecule has 0 radical (unpaired) electrons. The smallest absolute Gasteiger partial charge is 0.329 e. The van der Waals surface area contributed by atoms with Gasteiger partial charge in [-0.2, -0.15) is 10.2 Å². The number of halogens is 3. The number of nitrogens with zero attached hydrogens (tertiary/aromatic N) is 7. The van der Waals surface area contributed by atoms with Crippen LogP contribution in [0.15, 0.2) is 57.9 Å². The number of hydrogen-bond acceptors (Lipinski definition) is 8. The van der Waals surface area contributed by atoms with E-state index in [4.69, 9.17) is 9.47 Å². The van der Waals surface area contributed by atoms with Gasteiger partial charge in [0.1, 0.15) is 5.82 Å². The van der Waals surface area contributed by atoms with Gasteiger partial charge < -0.3 is 9.47 Å². The summed E-state index contributed by atoms with van der Waals surface area (Å²) in [6.07, 6.45) is 1.82. The molecule has 0 bridgehead atoms. The Balaban J connectivity index is 1.34. The number of fused-ring (bicyclic) bond motifs is 1. The van der Waals surface area contributed by atoms with Crippen LogP contribution in [-0.2, 0) is 16.0 Å². The van der Waals surface area contributed by atoms with Crippen LogP contribution in [0.1, 0.15) is 17.3 Å². The Kier molecular flexibility index (Phi) is 6.94. The molecule has 14 heteroatoms. The van der Waals surface area contributed by atoms with Crippen molar-refractivity contribution in [2.75, 3.05) is 32.9 Å². The van der Waals surface area contributed by atoms with Gasteiger partial charge in [-0.05, 0) is 18.2 Å². The molecule has 1 aromatic carbocycles. The molecule has 11 nitrogen and oxygen atoms in total. The van der Waals surface area contributed by atoms with Gasteiger partial charge >= 0.3 is 5.69 Å². The SMILES string of the molecule is C=N/N=C(\OCC(F)F)c1ccc(Cn2c(=O)n(C3CN(C4COC4)C3)c3cc(-c4cn[nH]c4)c(F)cc32)nc1. The van der Waals surface area contributed by atoms with Crippen molar-refractivity contribution >= 4 is 23.6 Å². The lowest BCUT2D eigenvalue weighted by Crippen LogP contribution is -2.60. The van der Waals surface area contributed by atoms with Crippen LogP contribution in [-0.4, -0.2) is 87.2 Å². The van der Waals surface area contributed by atoms with E-state index in [1.807, 2.05) is 0 Å². The van der Waals surface area contributed by atoms with E-state index >= 15 is 4.39 Å². The summed E-state index contributed by atoms with van der Waals surface area (Å²) >= 11 is 0. The highest BCUT2D eigenvalue weighted by Crippen LogP contribution is 2.32. The maximum absolute atomic E-state index is 15.3. The Morgan fingerprint density at radius 1 is 1.20 bits per heavy atom. The predicted molar refractivity (Wildman–Crippen MR) is 140 cm³/mol. The number of likely N-dealkylation sites (tertiary alicyclic amines) is 1. The van der Waals surface area contributed by atoms with Crippen molar-refractivity contribution in [1.82, 2.24) is 29.2 Å². The van der Waals surface area contributed by atoms with E-state index in [0.29, 0.717) is 65.8 Å². The topological polar surface area (TPSA) is 115 Å². The quantitative estimate of drug-likeness (QED) is 0.193. The summed E-state index contributed by atoms with van der Waals surface area (Å²) in [6.45, 7) is 5.19. The number of nitrogens with one attached hydrogen (secondary N) is 1. The van der Waals surface area contributed by atoms with Crippen molar-refractivity contribution < 1.29 is 22.6 Å². The van der Waals surface area contributed by atoms with Crippen LogP contribution in [0.4, 0.5) is 13.2 Å². The molecule has 0 saturated carbocycles. The fraction of sp³-hybridized carbons (Fsp3) is 0.346. The second-order valence-electron chi connectivity index (χ2n) is 9.63. The van der Waals surface area contributed by atoms with Crippen molar-refractivity contribution in [2.24, 2.45) is 10.2 Å². The molecule has 2 fully saturated rings. The highest BCUT2D eigenvalue weighted by Gasteiger charge is 2.38. The van der Waals surface area contributed by atoms with Gasteiger partial charge in [-0.25, -0.2) is 18.0 Å². The molecule has 0 amide bonds. The van der Waals surface area contributed by atoms with Gasteiger partial charge in [-0.3, -0.25) is 24.1 Å².